The molecule has 3 heterocycles. The Bertz CT molecular complexity index is 766. The standard InChI is InChI=1S/C21H33F2N5O3/c1-3-4-18(29)26-12-7-15-17(13-26)27(30)20(14-5-9-21(22,23)10-6-14)24-19(15)16-8-11-25(2)28(16)31/h3-4,14-17,19-20,24H,5-13H2,1-2H3/q+2/b4-3+. The predicted octanol–water partition coefficient (Wildman–Crippen LogP) is 2.08. The molecule has 0 aromatic rings. The predicted molar refractivity (Wildman–Crippen MR) is 109 cm³/mol. The first-order valence-corrected chi connectivity index (χ1v) is 11.4. The maximum absolute atomic E-state index is 13.7. The lowest BCUT2D eigenvalue weighted by molar-refractivity contribution is -0.717. The first-order chi connectivity index (χ1) is 14.7. The second kappa shape index (κ2) is 8.52. The number of carbonyl (C=O) groups excluding carboxylic acids is 1. The first-order valence-electron chi connectivity index (χ1n) is 11.4. The first kappa shape index (κ1) is 22.2. The second-order valence-corrected chi connectivity index (χ2v) is 9.53. The van der Waals surface area contributed by atoms with Crippen LogP contribution in [0.5, 0.6) is 0 Å². The molecule has 172 valence electrons. The van der Waals surface area contributed by atoms with Crippen molar-refractivity contribution in [2.75, 3.05) is 26.7 Å². The third-order valence-corrected chi connectivity index (χ3v) is 7.67. The molecule has 10 heteroatoms. The van der Waals surface area contributed by atoms with E-state index in [1.807, 2.05) is 0 Å². The van der Waals surface area contributed by atoms with Gasteiger partial charge in [-0.15, -0.1) is 5.01 Å². The molecule has 3 saturated heterocycles. The number of nitrogens with one attached hydrogen (secondary N) is 1. The van der Waals surface area contributed by atoms with Gasteiger partial charge in [-0.05, 0) is 32.3 Å². The lowest BCUT2D eigenvalue weighted by atomic mass is 9.76. The van der Waals surface area contributed by atoms with Crippen LogP contribution < -0.4 is 5.32 Å². The second-order valence-electron chi connectivity index (χ2n) is 9.53. The van der Waals surface area contributed by atoms with Crippen LogP contribution in [0, 0.1) is 21.6 Å². The smallest absolute Gasteiger partial charge is 0.258 e. The van der Waals surface area contributed by atoms with Gasteiger partial charge in [0.2, 0.25) is 17.9 Å². The summed E-state index contributed by atoms with van der Waals surface area (Å²) in [5.41, 5.74) is 0. The highest BCUT2D eigenvalue weighted by Gasteiger charge is 2.60. The number of hydrogen-bond donors (Lipinski definition) is 1. The molecule has 0 aromatic heterocycles. The van der Waals surface area contributed by atoms with E-state index >= 15 is 0 Å². The van der Waals surface area contributed by atoms with Crippen molar-refractivity contribution in [2.45, 2.75) is 75.7 Å². The average molecular weight is 442 g/mol. The highest BCUT2D eigenvalue weighted by atomic mass is 19.3. The number of nitroso groups, excluding NO2 is 2. The molecule has 0 aromatic carbocycles. The van der Waals surface area contributed by atoms with Crippen LogP contribution in [0.15, 0.2) is 12.2 Å². The van der Waals surface area contributed by atoms with Gasteiger partial charge in [-0.2, -0.15) is 0 Å². The number of carbonyl (C=O) groups is 1. The Labute approximate surface area is 181 Å². The summed E-state index contributed by atoms with van der Waals surface area (Å²) in [4.78, 5) is 41.3. The summed E-state index contributed by atoms with van der Waals surface area (Å²) in [5.74, 6) is -3.05. The zero-order valence-electron chi connectivity index (χ0n) is 18.3. The summed E-state index contributed by atoms with van der Waals surface area (Å²) in [6.07, 6.45) is 4.02. The third-order valence-electron chi connectivity index (χ3n) is 7.67. The number of fused-ring (bicyclic) bond motifs is 1. The van der Waals surface area contributed by atoms with Gasteiger partial charge in [-0.25, -0.2) is 14.1 Å². The van der Waals surface area contributed by atoms with E-state index in [0.29, 0.717) is 32.5 Å². The van der Waals surface area contributed by atoms with Gasteiger partial charge in [0, 0.05) is 41.4 Å². The number of rotatable bonds is 3. The van der Waals surface area contributed by atoms with Crippen LogP contribution in [0.4, 0.5) is 8.78 Å². The zero-order valence-corrected chi connectivity index (χ0v) is 18.3. The number of alkyl halides is 2. The van der Waals surface area contributed by atoms with Crippen LogP contribution in [0.2, 0.25) is 0 Å². The average Bonchev–Trinajstić information content (AvgIpc) is 3.07. The van der Waals surface area contributed by atoms with Crippen molar-refractivity contribution >= 4 is 5.91 Å². The van der Waals surface area contributed by atoms with Gasteiger partial charge in [-0.1, -0.05) is 6.08 Å². The van der Waals surface area contributed by atoms with Crippen LogP contribution >= 0.6 is 0 Å². The molecule has 8 nitrogen and oxygen atoms in total. The summed E-state index contributed by atoms with van der Waals surface area (Å²) in [6, 6.07) is -0.943. The van der Waals surface area contributed by atoms with E-state index in [1.54, 1.807) is 30.0 Å². The van der Waals surface area contributed by atoms with E-state index in [4.69, 9.17) is 0 Å². The van der Waals surface area contributed by atoms with Gasteiger partial charge < -0.3 is 4.90 Å². The van der Waals surface area contributed by atoms with Crippen molar-refractivity contribution in [2.24, 2.45) is 11.8 Å². The summed E-state index contributed by atoms with van der Waals surface area (Å²) >= 11 is 0. The van der Waals surface area contributed by atoms with Crippen molar-refractivity contribution in [1.29, 1.82) is 0 Å². The van der Waals surface area contributed by atoms with E-state index in [-0.39, 0.29) is 55.5 Å². The molecule has 1 amide bonds. The maximum Gasteiger partial charge on any atom is 0.258 e. The van der Waals surface area contributed by atoms with Crippen molar-refractivity contribution in [3.63, 3.8) is 0 Å². The molecule has 5 unspecified atom stereocenters. The summed E-state index contributed by atoms with van der Waals surface area (Å²) < 4.78 is 28.5. The zero-order chi connectivity index (χ0) is 22.3. The molecule has 31 heavy (non-hydrogen) atoms. The fraction of sp³-hybridized carbons (Fsp3) is 0.857. The van der Waals surface area contributed by atoms with Crippen LogP contribution in [0.25, 0.3) is 0 Å². The Morgan fingerprint density at radius 3 is 2.42 bits per heavy atom. The molecule has 0 radical (unpaired) electrons. The Balaban J connectivity index is 1.59. The van der Waals surface area contributed by atoms with Crippen molar-refractivity contribution in [3.8, 4) is 0 Å². The molecule has 4 aliphatic rings. The van der Waals surface area contributed by atoms with Gasteiger partial charge in [0.15, 0.2) is 0 Å². The van der Waals surface area contributed by atoms with E-state index in [1.165, 1.54) is 6.08 Å². The molecule has 5 atom stereocenters. The van der Waals surface area contributed by atoms with E-state index in [9.17, 15) is 23.4 Å². The fourth-order valence-electron chi connectivity index (χ4n) is 5.90. The maximum atomic E-state index is 13.7. The van der Waals surface area contributed by atoms with Gasteiger partial charge in [0.05, 0.1) is 37.0 Å². The van der Waals surface area contributed by atoms with Crippen LogP contribution in [-0.4, -0.2) is 82.3 Å². The lowest BCUT2D eigenvalue weighted by Gasteiger charge is -2.44. The normalized spacial score (nSPS) is 36.8. The van der Waals surface area contributed by atoms with Gasteiger partial charge >= 0.3 is 0 Å². The van der Waals surface area contributed by atoms with Crippen molar-refractivity contribution in [1.82, 2.24) is 15.2 Å². The topological polar surface area (TPSA) is 75.7 Å². The lowest BCUT2D eigenvalue weighted by Crippen LogP contribution is -2.70. The number of allylic oxidation sites excluding steroid dienone is 1. The number of nitrogens with zero attached hydrogens (tertiary/aromatic N) is 4. The highest BCUT2D eigenvalue weighted by Crippen LogP contribution is 2.41. The van der Waals surface area contributed by atoms with Gasteiger partial charge in [0.1, 0.15) is 4.87 Å². The van der Waals surface area contributed by atoms with Gasteiger partial charge in [-0.3, -0.25) is 4.79 Å². The quantitative estimate of drug-likeness (QED) is 0.536. The molecule has 1 N–H and O–H groups in total. The summed E-state index contributed by atoms with van der Waals surface area (Å²) in [7, 11) is 1.76. The van der Waals surface area contributed by atoms with Crippen molar-refractivity contribution < 1.29 is 23.2 Å². The Hall–Kier alpha value is -1.97. The molecule has 0 bridgehead atoms. The minimum absolute atomic E-state index is 0.0682. The van der Waals surface area contributed by atoms with Crippen LogP contribution in [0.3, 0.4) is 0 Å². The number of hydrogen-bond acceptors (Lipinski definition) is 4. The molecular formula is C21H33F2N5O3+2. The Morgan fingerprint density at radius 1 is 1.10 bits per heavy atom. The summed E-state index contributed by atoms with van der Waals surface area (Å²) in [5, 5.41) is 5.09. The minimum atomic E-state index is -2.67. The van der Waals surface area contributed by atoms with E-state index in [0.717, 1.165) is 9.63 Å². The molecule has 0 spiro atoms. The number of amides is 1. The third kappa shape index (κ3) is 4.23. The summed E-state index contributed by atoms with van der Waals surface area (Å²) in [6.45, 7) is 3.27. The molecule has 1 saturated carbocycles. The molecule has 4 rings (SSSR count). The number of halogens is 2. The molecule has 4 fully saturated rings. The number of likely N-dealkylation sites (tertiary alicyclic amines) is 1. The Morgan fingerprint density at radius 2 is 1.81 bits per heavy atom. The fourth-order valence-corrected chi connectivity index (χ4v) is 5.90. The van der Waals surface area contributed by atoms with Gasteiger partial charge in [0.25, 0.3) is 12.2 Å². The Kier molecular flexibility index (Phi) is 6.11. The monoisotopic (exact) mass is 441 g/mol. The molecule has 3 aliphatic heterocycles. The number of hydrazine groups is 1. The minimum Gasteiger partial charge on any atom is -0.332 e. The van der Waals surface area contributed by atoms with E-state index < -0.39 is 18.1 Å². The highest BCUT2D eigenvalue weighted by molar-refractivity contribution is 5.87. The van der Waals surface area contributed by atoms with Crippen LogP contribution in [-0.2, 0) is 4.79 Å². The molecular weight excluding hydrogens is 408 g/mol. The van der Waals surface area contributed by atoms with E-state index in [2.05, 4.69) is 5.32 Å². The molecule has 1 aliphatic carbocycles. The largest absolute Gasteiger partial charge is 0.332 e. The number of piperidine rings is 1. The van der Waals surface area contributed by atoms with Crippen molar-refractivity contribution in [3.05, 3.63) is 22.0 Å². The van der Waals surface area contributed by atoms with Crippen LogP contribution in [0.1, 0.15) is 45.4 Å². The SMILES string of the molecule is C/C=C/C(=O)N1CCC2C(C3CCN(C)[N+]3=O)NC(C3CCC(F)(F)CC3)[N+](=O)C2C1.